The SMILES string of the molecule is CCCCC(CC)(CCCC)C(CCC)C([O])=O. The predicted molar refractivity (Wildman–Crippen MR) is 75.9 cm³/mol. The largest absolute Gasteiger partial charge is 0.359 e. The van der Waals surface area contributed by atoms with E-state index in [1.54, 1.807) is 0 Å². The number of hydrogen-bond donors (Lipinski definition) is 0. The van der Waals surface area contributed by atoms with Crippen LogP contribution in [0.1, 0.15) is 85.5 Å². The maximum Gasteiger partial charge on any atom is 0.359 e. The molecule has 0 aliphatic heterocycles. The molecule has 107 valence electrons. The van der Waals surface area contributed by atoms with Gasteiger partial charge in [0.05, 0.1) is 5.92 Å². The van der Waals surface area contributed by atoms with Gasteiger partial charge in [0.2, 0.25) is 0 Å². The standard InChI is InChI=1S/C16H31O2/c1-5-9-12-16(8-4,13-10-6-2)14(11-7-3)15(17)18/h14H,5-13H2,1-4H3. The fourth-order valence-corrected chi connectivity index (χ4v) is 3.09. The molecule has 0 aliphatic carbocycles. The first-order valence-electron chi connectivity index (χ1n) is 7.78. The molecule has 1 unspecified atom stereocenters. The molecule has 0 saturated heterocycles. The molecular formula is C16H31O2. The van der Waals surface area contributed by atoms with Crippen molar-refractivity contribution in [2.75, 3.05) is 0 Å². The van der Waals surface area contributed by atoms with Gasteiger partial charge in [0.15, 0.2) is 0 Å². The van der Waals surface area contributed by atoms with E-state index in [9.17, 15) is 9.90 Å². The molecule has 2 heteroatoms. The second kappa shape index (κ2) is 9.41. The third-order valence-corrected chi connectivity index (χ3v) is 4.36. The Morgan fingerprint density at radius 1 is 0.944 bits per heavy atom. The van der Waals surface area contributed by atoms with Crippen molar-refractivity contribution in [2.45, 2.75) is 85.5 Å². The molecule has 0 spiro atoms. The second-order valence-electron chi connectivity index (χ2n) is 5.58. The van der Waals surface area contributed by atoms with Gasteiger partial charge in [-0.05, 0) is 31.1 Å². The van der Waals surface area contributed by atoms with Gasteiger partial charge >= 0.3 is 5.97 Å². The van der Waals surface area contributed by atoms with E-state index < -0.39 is 5.97 Å². The van der Waals surface area contributed by atoms with Crippen LogP contribution in [0.3, 0.4) is 0 Å². The van der Waals surface area contributed by atoms with Gasteiger partial charge in [-0.15, -0.1) is 0 Å². The highest BCUT2D eigenvalue weighted by molar-refractivity contribution is 5.70. The lowest BCUT2D eigenvalue weighted by Gasteiger charge is -2.38. The highest BCUT2D eigenvalue weighted by Crippen LogP contribution is 2.44. The van der Waals surface area contributed by atoms with Gasteiger partial charge in [0.25, 0.3) is 0 Å². The first kappa shape index (κ1) is 17.5. The van der Waals surface area contributed by atoms with Crippen molar-refractivity contribution in [3.8, 4) is 0 Å². The Labute approximate surface area is 113 Å². The minimum atomic E-state index is -0.828. The van der Waals surface area contributed by atoms with Gasteiger partial charge in [-0.3, -0.25) is 0 Å². The Balaban J connectivity index is 5.00. The van der Waals surface area contributed by atoms with Gasteiger partial charge in [-0.2, -0.15) is 0 Å². The first-order chi connectivity index (χ1) is 8.57. The maximum absolute atomic E-state index is 11.5. The van der Waals surface area contributed by atoms with E-state index in [0.29, 0.717) is 0 Å². The van der Waals surface area contributed by atoms with Gasteiger partial charge in [0.1, 0.15) is 0 Å². The Morgan fingerprint density at radius 3 is 1.72 bits per heavy atom. The molecule has 2 nitrogen and oxygen atoms in total. The fraction of sp³-hybridized carbons (Fsp3) is 0.938. The summed E-state index contributed by atoms with van der Waals surface area (Å²) < 4.78 is 0. The topological polar surface area (TPSA) is 37.0 Å². The van der Waals surface area contributed by atoms with E-state index in [0.717, 1.165) is 57.8 Å². The van der Waals surface area contributed by atoms with Gasteiger partial charge in [-0.1, -0.05) is 59.8 Å². The molecule has 1 radical (unpaired) electrons. The van der Waals surface area contributed by atoms with Crippen LogP contribution in [0.2, 0.25) is 0 Å². The van der Waals surface area contributed by atoms with Crippen molar-refractivity contribution < 1.29 is 9.90 Å². The van der Waals surface area contributed by atoms with Crippen LogP contribution in [-0.2, 0) is 9.90 Å². The summed E-state index contributed by atoms with van der Waals surface area (Å²) in [5, 5.41) is 11.5. The zero-order valence-electron chi connectivity index (χ0n) is 12.8. The van der Waals surface area contributed by atoms with E-state index in [1.807, 2.05) is 0 Å². The average molecular weight is 255 g/mol. The van der Waals surface area contributed by atoms with Crippen molar-refractivity contribution in [3.05, 3.63) is 0 Å². The molecule has 1 atom stereocenters. The summed E-state index contributed by atoms with van der Waals surface area (Å²) in [6.07, 6.45) is 9.28. The molecule has 0 N–H and O–H groups in total. The lowest BCUT2D eigenvalue weighted by Crippen LogP contribution is -2.35. The van der Waals surface area contributed by atoms with Crippen molar-refractivity contribution in [2.24, 2.45) is 11.3 Å². The molecule has 0 saturated carbocycles. The monoisotopic (exact) mass is 255 g/mol. The van der Waals surface area contributed by atoms with Crippen molar-refractivity contribution in [1.82, 2.24) is 0 Å². The predicted octanol–water partition coefficient (Wildman–Crippen LogP) is 5.14. The second-order valence-corrected chi connectivity index (χ2v) is 5.58. The molecule has 0 amide bonds. The zero-order chi connectivity index (χ0) is 14.0. The maximum atomic E-state index is 11.5. The van der Waals surface area contributed by atoms with Crippen LogP contribution in [-0.4, -0.2) is 5.97 Å². The van der Waals surface area contributed by atoms with Gasteiger partial charge in [0, 0.05) is 0 Å². The number of unbranched alkanes of at least 4 members (excludes halogenated alkanes) is 2. The van der Waals surface area contributed by atoms with E-state index in [-0.39, 0.29) is 11.3 Å². The summed E-state index contributed by atoms with van der Waals surface area (Å²) >= 11 is 0. The summed E-state index contributed by atoms with van der Waals surface area (Å²) in [4.78, 5) is 11.5. The van der Waals surface area contributed by atoms with E-state index >= 15 is 0 Å². The Kier molecular flexibility index (Phi) is 9.13. The quantitative estimate of drug-likeness (QED) is 0.504. The number of carbonyl (C=O) groups excluding carboxylic acids is 1. The Hall–Kier alpha value is -0.530. The van der Waals surface area contributed by atoms with Crippen LogP contribution in [0.15, 0.2) is 0 Å². The number of rotatable bonds is 11. The van der Waals surface area contributed by atoms with Gasteiger partial charge < -0.3 is 0 Å². The van der Waals surface area contributed by atoms with Crippen molar-refractivity contribution >= 4 is 5.97 Å². The number of hydrogen-bond acceptors (Lipinski definition) is 1. The highest BCUT2D eigenvalue weighted by atomic mass is 16.4. The minimum absolute atomic E-state index is 0.0269. The molecular weight excluding hydrogens is 224 g/mol. The highest BCUT2D eigenvalue weighted by Gasteiger charge is 2.40. The van der Waals surface area contributed by atoms with Crippen LogP contribution in [0.5, 0.6) is 0 Å². The Bertz CT molecular complexity index is 215. The molecule has 0 aliphatic rings. The van der Waals surface area contributed by atoms with Crippen molar-refractivity contribution in [3.63, 3.8) is 0 Å². The van der Waals surface area contributed by atoms with Crippen LogP contribution < -0.4 is 0 Å². The van der Waals surface area contributed by atoms with E-state index in [1.165, 1.54) is 0 Å². The summed E-state index contributed by atoms with van der Waals surface area (Å²) in [6, 6.07) is 0. The molecule has 0 fully saturated rings. The molecule has 0 heterocycles. The van der Waals surface area contributed by atoms with Crippen LogP contribution in [0.4, 0.5) is 0 Å². The van der Waals surface area contributed by atoms with Crippen LogP contribution in [0, 0.1) is 11.3 Å². The lowest BCUT2D eigenvalue weighted by atomic mass is 9.65. The van der Waals surface area contributed by atoms with Crippen LogP contribution >= 0.6 is 0 Å². The Morgan fingerprint density at radius 2 is 1.44 bits per heavy atom. The third kappa shape index (κ3) is 4.99. The fourth-order valence-electron chi connectivity index (χ4n) is 3.09. The van der Waals surface area contributed by atoms with E-state index in [4.69, 9.17) is 0 Å². The zero-order valence-corrected chi connectivity index (χ0v) is 12.8. The van der Waals surface area contributed by atoms with E-state index in [2.05, 4.69) is 27.7 Å². The molecule has 0 rings (SSSR count). The third-order valence-electron chi connectivity index (χ3n) is 4.36. The van der Waals surface area contributed by atoms with Crippen LogP contribution in [0.25, 0.3) is 0 Å². The summed E-state index contributed by atoms with van der Waals surface area (Å²) in [6.45, 7) is 8.56. The van der Waals surface area contributed by atoms with Gasteiger partial charge in [-0.25, -0.2) is 9.90 Å². The normalized spacial score (nSPS) is 13.6. The number of carbonyl (C=O) groups is 1. The summed E-state index contributed by atoms with van der Waals surface area (Å²) in [5.74, 6) is -1.09. The smallest absolute Gasteiger partial charge is 0.247 e. The molecule has 18 heavy (non-hydrogen) atoms. The molecule has 0 aromatic rings. The van der Waals surface area contributed by atoms with Crippen molar-refractivity contribution in [1.29, 1.82) is 0 Å². The molecule has 0 aromatic heterocycles. The average Bonchev–Trinajstić information content (AvgIpc) is 2.37. The summed E-state index contributed by atoms with van der Waals surface area (Å²) in [5.41, 5.74) is -0.0269. The summed E-state index contributed by atoms with van der Waals surface area (Å²) in [7, 11) is 0. The first-order valence-corrected chi connectivity index (χ1v) is 7.78. The molecule has 0 aromatic carbocycles. The minimum Gasteiger partial charge on any atom is -0.247 e. The molecule has 0 bridgehead atoms. The lowest BCUT2D eigenvalue weighted by molar-refractivity contribution is -0.154.